The normalized spacial score (nSPS) is 11.7. The molecule has 0 saturated carbocycles. The molecule has 0 saturated heterocycles. The van der Waals surface area contributed by atoms with Gasteiger partial charge in [-0.05, 0) is 32.4 Å². The van der Waals surface area contributed by atoms with E-state index >= 15 is 0 Å². The summed E-state index contributed by atoms with van der Waals surface area (Å²) in [7, 11) is 1.70. The van der Waals surface area contributed by atoms with E-state index in [4.69, 9.17) is 4.74 Å². The third-order valence-corrected chi connectivity index (χ3v) is 2.04. The van der Waals surface area contributed by atoms with Crippen LogP contribution in [0.15, 0.2) is 18.3 Å². The van der Waals surface area contributed by atoms with E-state index in [2.05, 4.69) is 4.98 Å². The minimum Gasteiger partial charge on any atom is -0.373 e. The van der Waals surface area contributed by atoms with Crippen LogP contribution in [0.5, 0.6) is 0 Å². The predicted molar refractivity (Wildman–Crippen MR) is 49.0 cm³/mol. The summed E-state index contributed by atoms with van der Waals surface area (Å²) in [6.07, 6.45) is 1.86. The highest BCUT2D eigenvalue weighted by atomic mass is 16.5. The molecular formula is C10H15NO. The Labute approximate surface area is 73.6 Å². The summed E-state index contributed by atoms with van der Waals surface area (Å²) in [5.41, 5.74) is 1.86. The topological polar surface area (TPSA) is 22.1 Å². The molecule has 0 aliphatic rings. The molecule has 1 heterocycles. The molecule has 1 rings (SSSR count). The highest BCUT2D eigenvalue weighted by Crippen LogP contribution is 2.21. The average Bonchev–Trinajstić information content (AvgIpc) is 2.05. The van der Waals surface area contributed by atoms with Gasteiger partial charge in [0.15, 0.2) is 0 Å². The third kappa shape index (κ3) is 1.83. The van der Waals surface area contributed by atoms with Crippen LogP contribution in [-0.2, 0) is 10.3 Å². The number of rotatable bonds is 2. The van der Waals surface area contributed by atoms with Crippen molar-refractivity contribution in [2.24, 2.45) is 0 Å². The summed E-state index contributed by atoms with van der Waals surface area (Å²) < 4.78 is 5.30. The van der Waals surface area contributed by atoms with Gasteiger partial charge >= 0.3 is 0 Å². The second kappa shape index (κ2) is 3.23. The molecule has 0 aromatic carbocycles. The predicted octanol–water partition coefficient (Wildman–Crippen LogP) is 2.27. The van der Waals surface area contributed by atoms with Crippen LogP contribution >= 0.6 is 0 Å². The van der Waals surface area contributed by atoms with Gasteiger partial charge < -0.3 is 4.74 Å². The minimum absolute atomic E-state index is 0.284. The maximum Gasteiger partial charge on any atom is 0.104 e. The lowest BCUT2D eigenvalue weighted by Gasteiger charge is -2.21. The van der Waals surface area contributed by atoms with Crippen molar-refractivity contribution in [3.05, 3.63) is 29.6 Å². The first-order valence-corrected chi connectivity index (χ1v) is 4.04. The van der Waals surface area contributed by atoms with Gasteiger partial charge in [-0.3, -0.25) is 4.98 Å². The zero-order chi connectivity index (χ0) is 9.19. The monoisotopic (exact) mass is 165 g/mol. The molecule has 0 amide bonds. The van der Waals surface area contributed by atoms with E-state index in [1.807, 2.05) is 39.1 Å². The summed E-state index contributed by atoms with van der Waals surface area (Å²) in [5, 5.41) is 0. The number of aromatic nitrogens is 1. The molecule has 0 atom stereocenters. The van der Waals surface area contributed by atoms with Crippen LogP contribution in [0.1, 0.15) is 25.1 Å². The van der Waals surface area contributed by atoms with Crippen molar-refractivity contribution in [3.8, 4) is 0 Å². The first kappa shape index (κ1) is 9.20. The van der Waals surface area contributed by atoms with Crippen LogP contribution in [0.4, 0.5) is 0 Å². The highest BCUT2D eigenvalue weighted by molar-refractivity contribution is 5.16. The van der Waals surface area contributed by atoms with Crippen LogP contribution in [0.25, 0.3) is 0 Å². The maximum absolute atomic E-state index is 5.30. The van der Waals surface area contributed by atoms with E-state index in [1.54, 1.807) is 7.11 Å². The maximum atomic E-state index is 5.30. The lowest BCUT2D eigenvalue weighted by Crippen LogP contribution is -2.20. The molecule has 1 aromatic rings. The van der Waals surface area contributed by atoms with Crippen LogP contribution in [0.3, 0.4) is 0 Å². The molecule has 12 heavy (non-hydrogen) atoms. The van der Waals surface area contributed by atoms with Gasteiger partial charge in [-0.25, -0.2) is 0 Å². The van der Waals surface area contributed by atoms with Gasteiger partial charge in [0.2, 0.25) is 0 Å². The SMILES string of the molecule is COC(C)(C)c1ccc(C)cn1. The summed E-state index contributed by atoms with van der Waals surface area (Å²) in [4.78, 5) is 4.30. The second-order valence-electron chi connectivity index (χ2n) is 3.44. The standard InChI is InChI=1S/C10H15NO/c1-8-5-6-9(11-7-8)10(2,3)12-4/h5-7H,1-4H3. The van der Waals surface area contributed by atoms with E-state index in [-0.39, 0.29) is 5.60 Å². The summed E-state index contributed by atoms with van der Waals surface area (Å²) in [6, 6.07) is 4.04. The lowest BCUT2D eigenvalue weighted by molar-refractivity contribution is 0.0155. The number of aryl methyl sites for hydroxylation is 1. The number of methoxy groups -OCH3 is 1. The van der Waals surface area contributed by atoms with Gasteiger partial charge in [0.25, 0.3) is 0 Å². The molecule has 0 unspecified atom stereocenters. The van der Waals surface area contributed by atoms with Crippen molar-refractivity contribution in [2.75, 3.05) is 7.11 Å². The quantitative estimate of drug-likeness (QED) is 0.670. The molecule has 2 nitrogen and oxygen atoms in total. The molecule has 0 N–H and O–H groups in total. The molecule has 0 aliphatic carbocycles. The third-order valence-electron chi connectivity index (χ3n) is 2.04. The Kier molecular flexibility index (Phi) is 2.48. The van der Waals surface area contributed by atoms with Crippen molar-refractivity contribution >= 4 is 0 Å². The summed E-state index contributed by atoms with van der Waals surface area (Å²) in [6.45, 7) is 6.03. The fraction of sp³-hybridized carbons (Fsp3) is 0.500. The molecule has 66 valence electrons. The average molecular weight is 165 g/mol. The Hall–Kier alpha value is -0.890. The number of pyridine rings is 1. The molecule has 0 bridgehead atoms. The van der Waals surface area contributed by atoms with Gasteiger partial charge in [0.05, 0.1) is 5.69 Å². The zero-order valence-electron chi connectivity index (χ0n) is 8.09. The lowest BCUT2D eigenvalue weighted by atomic mass is 10.0. The fourth-order valence-corrected chi connectivity index (χ4v) is 0.929. The first-order valence-electron chi connectivity index (χ1n) is 4.04. The van der Waals surface area contributed by atoms with Crippen LogP contribution < -0.4 is 0 Å². The Morgan fingerprint density at radius 3 is 2.42 bits per heavy atom. The Morgan fingerprint density at radius 1 is 1.33 bits per heavy atom. The van der Waals surface area contributed by atoms with Gasteiger partial charge in [0, 0.05) is 13.3 Å². The molecular weight excluding hydrogens is 150 g/mol. The smallest absolute Gasteiger partial charge is 0.104 e. The molecule has 0 spiro atoms. The van der Waals surface area contributed by atoms with E-state index in [1.165, 1.54) is 5.56 Å². The largest absolute Gasteiger partial charge is 0.373 e. The number of nitrogens with zero attached hydrogens (tertiary/aromatic N) is 1. The van der Waals surface area contributed by atoms with Gasteiger partial charge in [-0.2, -0.15) is 0 Å². The molecule has 0 fully saturated rings. The van der Waals surface area contributed by atoms with Crippen molar-refractivity contribution in [3.63, 3.8) is 0 Å². The molecule has 1 aromatic heterocycles. The van der Waals surface area contributed by atoms with E-state index < -0.39 is 0 Å². The Morgan fingerprint density at radius 2 is 2.00 bits per heavy atom. The number of ether oxygens (including phenoxy) is 1. The highest BCUT2D eigenvalue weighted by Gasteiger charge is 2.20. The van der Waals surface area contributed by atoms with Crippen molar-refractivity contribution in [1.82, 2.24) is 4.98 Å². The number of hydrogen-bond acceptors (Lipinski definition) is 2. The fourth-order valence-electron chi connectivity index (χ4n) is 0.929. The Bertz CT molecular complexity index is 251. The Balaban J connectivity index is 2.96. The molecule has 0 aliphatic heterocycles. The van der Waals surface area contributed by atoms with Gasteiger partial charge in [-0.15, -0.1) is 0 Å². The van der Waals surface area contributed by atoms with Crippen LogP contribution in [-0.4, -0.2) is 12.1 Å². The van der Waals surface area contributed by atoms with Gasteiger partial charge in [-0.1, -0.05) is 6.07 Å². The van der Waals surface area contributed by atoms with Crippen molar-refractivity contribution in [1.29, 1.82) is 0 Å². The first-order chi connectivity index (χ1) is 5.56. The van der Waals surface area contributed by atoms with E-state index in [0.717, 1.165) is 5.69 Å². The van der Waals surface area contributed by atoms with Crippen molar-refractivity contribution < 1.29 is 4.74 Å². The summed E-state index contributed by atoms with van der Waals surface area (Å²) >= 11 is 0. The summed E-state index contributed by atoms with van der Waals surface area (Å²) in [5.74, 6) is 0. The van der Waals surface area contributed by atoms with Crippen molar-refractivity contribution in [2.45, 2.75) is 26.4 Å². The van der Waals surface area contributed by atoms with Crippen LogP contribution in [0, 0.1) is 6.92 Å². The second-order valence-corrected chi connectivity index (χ2v) is 3.44. The van der Waals surface area contributed by atoms with Crippen LogP contribution in [0.2, 0.25) is 0 Å². The number of hydrogen-bond donors (Lipinski definition) is 0. The molecule has 2 heteroatoms. The minimum atomic E-state index is -0.284. The zero-order valence-corrected chi connectivity index (χ0v) is 8.09. The van der Waals surface area contributed by atoms with E-state index in [9.17, 15) is 0 Å². The molecule has 0 radical (unpaired) electrons. The van der Waals surface area contributed by atoms with E-state index in [0.29, 0.717) is 0 Å². The van der Waals surface area contributed by atoms with Gasteiger partial charge in [0.1, 0.15) is 5.60 Å².